The van der Waals surface area contributed by atoms with Crippen LogP contribution in [0.5, 0.6) is 5.75 Å². The number of aromatic nitrogens is 2. The number of ether oxygens (including phenoxy) is 1. The van der Waals surface area contributed by atoms with Crippen molar-refractivity contribution >= 4 is 38.8 Å². The van der Waals surface area contributed by atoms with Crippen LogP contribution >= 0.6 is 0 Å². The number of hydrogen-bond acceptors (Lipinski definition) is 4. The molecule has 1 aromatic heterocycles. The largest absolute Gasteiger partial charge is 0.425 e. The maximum atomic E-state index is 13.5. The van der Waals surface area contributed by atoms with Gasteiger partial charge in [-0.05, 0) is 29.8 Å². The van der Waals surface area contributed by atoms with Crippen LogP contribution in [0, 0.1) is 5.82 Å². The van der Waals surface area contributed by atoms with Gasteiger partial charge in [-0.1, -0.05) is 48.5 Å². The topological polar surface area (TPSA) is 52.1 Å². The first-order valence-electron chi connectivity index (χ1n) is 9.76. The van der Waals surface area contributed by atoms with E-state index in [-0.39, 0.29) is 24.1 Å². The Balaban J connectivity index is 1.78. The lowest BCUT2D eigenvalue weighted by Crippen LogP contribution is -2.22. The maximum Gasteiger partial charge on any atom is 0.312 e. The van der Waals surface area contributed by atoms with Gasteiger partial charge in [0.2, 0.25) is 0 Å². The summed E-state index contributed by atoms with van der Waals surface area (Å²) in [5.74, 6) is -0.390. The van der Waals surface area contributed by atoms with Gasteiger partial charge >= 0.3 is 5.97 Å². The molecule has 2 heterocycles. The van der Waals surface area contributed by atoms with Gasteiger partial charge in [-0.15, -0.1) is 0 Å². The summed E-state index contributed by atoms with van der Waals surface area (Å²) in [6.07, 6.45) is 0.167. The van der Waals surface area contributed by atoms with Crippen molar-refractivity contribution < 1.29 is 13.9 Å². The summed E-state index contributed by atoms with van der Waals surface area (Å²) in [6.45, 7) is 0. The van der Waals surface area contributed by atoms with E-state index >= 15 is 0 Å². The number of para-hydroxylation sites is 2. The van der Waals surface area contributed by atoms with Crippen molar-refractivity contribution in [3.05, 3.63) is 89.7 Å². The predicted octanol–water partition coefficient (Wildman–Crippen LogP) is 5.52. The van der Waals surface area contributed by atoms with Gasteiger partial charge < -0.3 is 4.74 Å². The highest BCUT2D eigenvalue weighted by Gasteiger charge is 2.33. The van der Waals surface area contributed by atoms with Crippen molar-refractivity contribution in [1.29, 1.82) is 0 Å². The van der Waals surface area contributed by atoms with Gasteiger partial charge in [0.05, 0.1) is 28.5 Å². The Morgan fingerprint density at radius 2 is 1.43 bits per heavy atom. The fourth-order valence-electron chi connectivity index (χ4n) is 4.35. The van der Waals surface area contributed by atoms with Crippen LogP contribution in [-0.2, 0) is 4.79 Å². The van der Waals surface area contributed by atoms with Crippen molar-refractivity contribution in [3.8, 4) is 5.75 Å². The lowest BCUT2D eigenvalue weighted by Gasteiger charge is -2.27. The summed E-state index contributed by atoms with van der Waals surface area (Å²) in [7, 11) is 0. The molecular weight excluding hydrogens is 379 g/mol. The highest BCUT2D eigenvalue weighted by molar-refractivity contribution is 6.12. The number of carbonyl (C=O) groups excluding carboxylic acids is 1. The molecule has 5 aromatic rings. The van der Waals surface area contributed by atoms with Crippen molar-refractivity contribution in [2.75, 3.05) is 0 Å². The molecule has 0 fully saturated rings. The molecule has 0 N–H and O–H groups in total. The molecule has 0 amide bonds. The number of benzene rings is 4. The smallest absolute Gasteiger partial charge is 0.312 e. The van der Waals surface area contributed by atoms with E-state index in [2.05, 4.69) is 0 Å². The van der Waals surface area contributed by atoms with Gasteiger partial charge in [-0.2, -0.15) is 0 Å². The minimum Gasteiger partial charge on any atom is -0.425 e. The van der Waals surface area contributed by atoms with E-state index in [4.69, 9.17) is 14.7 Å². The molecule has 1 atom stereocenters. The molecule has 0 bridgehead atoms. The van der Waals surface area contributed by atoms with Crippen LogP contribution in [0.3, 0.4) is 0 Å². The molecule has 1 aliphatic heterocycles. The van der Waals surface area contributed by atoms with E-state index in [0.29, 0.717) is 11.3 Å². The Morgan fingerprint density at radius 3 is 2.17 bits per heavy atom. The molecule has 6 rings (SSSR count). The Hall–Kier alpha value is -3.86. The van der Waals surface area contributed by atoms with E-state index in [1.165, 1.54) is 12.1 Å². The second-order valence-corrected chi connectivity index (χ2v) is 7.48. The van der Waals surface area contributed by atoms with Crippen LogP contribution in [0.1, 0.15) is 23.5 Å². The first kappa shape index (κ1) is 17.0. The Morgan fingerprint density at radius 1 is 0.800 bits per heavy atom. The van der Waals surface area contributed by atoms with Crippen LogP contribution < -0.4 is 4.74 Å². The third kappa shape index (κ3) is 2.48. The number of carbonyl (C=O) groups is 1. The van der Waals surface area contributed by atoms with Gasteiger partial charge in [0.25, 0.3) is 0 Å². The highest BCUT2D eigenvalue weighted by atomic mass is 19.1. The first-order valence-corrected chi connectivity index (χ1v) is 9.76. The molecular formula is C25H15FN2O2. The Kier molecular flexibility index (Phi) is 3.59. The van der Waals surface area contributed by atoms with Crippen LogP contribution in [0.2, 0.25) is 0 Å². The Bertz CT molecular complexity index is 1480. The Labute approximate surface area is 171 Å². The molecule has 0 spiro atoms. The van der Waals surface area contributed by atoms with Gasteiger partial charge in [-0.25, -0.2) is 14.4 Å². The van der Waals surface area contributed by atoms with Gasteiger partial charge in [0.15, 0.2) is 0 Å². The predicted molar refractivity (Wildman–Crippen MR) is 113 cm³/mol. The fourth-order valence-corrected chi connectivity index (χ4v) is 4.35. The number of fused-ring (bicyclic) bond motifs is 7. The van der Waals surface area contributed by atoms with E-state index in [0.717, 1.165) is 38.4 Å². The molecule has 0 saturated carbocycles. The van der Waals surface area contributed by atoms with Gasteiger partial charge in [0, 0.05) is 22.3 Å². The van der Waals surface area contributed by atoms with Crippen molar-refractivity contribution in [1.82, 2.24) is 9.97 Å². The lowest BCUT2D eigenvalue weighted by molar-refractivity contribution is -0.135. The average Bonchev–Trinajstić information content (AvgIpc) is 2.78. The summed E-state index contributed by atoms with van der Waals surface area (Å²) in [4.78, 5) is 22.4. The zero-order valence-electron chi connectivity index (χ0n) is 15.8. The lowest BCUT2D eigenvalue weighted by atomic mass is 9.84. The third-order valence-electron chi connectivity index (χ3n) is 5.70. The van der Waals surface area contributed by atoms with E-state index in [1.807, 2.05) is 48.5 Å². The summed E-state index contributed by atoms with van der Waals surface area (Å²) in [6, 6.07) is 21.8. The van der Waals surface area contributed by atoms with E-state index < -0.39 is 0 Å². The number of hydrogen-bond donors (Lipinski definition) is 0. The van der Waals surface area contributed by atoms with Crippen LogP contribution in [0.4, 0.5) is 4.39 Å². The molecule has 144 valence electrons. The first-order chi connectivity index (χ1) is 14.7. The highest BCUT2D eigenvalue weighted by Crippen LogP contribution is 2.47. The minimum atomic E-state index is -0.313. The summed E-state index contributed by atoms with van der Waals surface area (Å²) in [5.41, 5.74) is 4.74. The molecule has 4 nitrogen and oxygen atoms in total. The van der Waals surface area contributed by atoms with E-state index in [1.54, 1.807) is 12.1 Å². The van der Waals surface area contributed by atoms with Gasteiger partial charge in [0.1, 0.15) is 11.6 Å². The molecule has 1 aliphatic rings. The van der Waals surface area contributed by atoms with Gasteiger partial charge in [-0.3, -0.25) is 4.79 Å². The van der Waals surface area contributed by atoms with Crippen molar-refractivity contribution in [2.24, 2.45) is 0 Å². The monoisotopic (exact) mass is 394 g/mol. The number of nitrogens with zero attached hydrogens (tertiary/aromatic N) is 2. The van der Waals surface area contributed by atoms with Crippen molar-refractivity contribution in [3.63, 3.8) is 0 Å². The van der Waals surface area contributed by atoms with E-state index in [9.17, 15) is 9.18 Å². The summed E-state index contributed by atoms with van der Waals surface area (Å²) < 4.78 is 19.3. The number of rotatable bonds is 1. The van der Waals surface area contributed by atoms with Crippen molar-refractivity contribution in [2.45, 2.75) is 12.3 Å². The summed E-state index contributed by atoms with van der Waals surface area (Å²) in [5, 5.41) is 1.71. The molecule has 30 heavy (non-hydrogen) atoms. The average molecular weight is 394 g/mol. The SMILES string of the molecule is O=C1CC(c2ccc(F)cc2)c2c(c3ccccc3c3nc4ccccc4nc23)O1. The quantitative estimate of drug-likeness (QED) is 0.163. The normalized spacial score (nSPS) is 16.0. The molecule has 0 aliphatic carbocycles. The second-order valence-electron chi connectivity index (χ2n) is 7.48. The summed E-state index contributed by atoms with van der Waals surface area (Å²) >= 11 is 0. The molecule has 0 saturated heterocycles. The van der Waals surface area contributed by atoms with Crippen LogP contribution in [-0.4, -0.2) is 15.9 Å². The fraction of sp³-hybridized carbons (Fsp3) is 0.0800. The second kappa shape index (κ2) is 6.32. The maximum absolute atomic E-state index is 13.5. The molecule has 5 heteroatoms. The van der Waals surface area contributed by atoms with Crippen LogP contribution in [0.15, 0.2) is 72.8 Å². The molecule has 4 aromatic carbocycles. The number of esters is 1. The zero-order chi connectivity index (χ0) is 20.2. The zero-order valence-corrected chi connectivity index (χ0v) is 15.8. The minimum absolute atomic E-state index is 0.167. The molecule has 1 unspecified atom stereocenters. The van der Waals surface area contributed by atoms with Crippen LogP contribution in [0.25, 0.3) is 32.8 Å². The standard InChI is InChI=1S/C25H15FN2O2/c26-15-11-9-14(10-12-15)18-13-21(29)30-25-17-6-2-1-5-16(17)23-24(22(18)25)28-20-8-4-3-7-19(20)27-23/h1-12,18H,13H2. The third-order valence-corrected chi connectivity index (χ3v) is 5.70. The number of halogens is 1. The molecule has 0 radical (unpaired) electrons.